The average molecular weight is 458 g/mol. The first-order chi connectivity index (χ1) is 15.7. The van der Waals surface area contributed by atoms with Crippen LogP contribution >= 0.6 is 0 Å². The first-order valence-corrected chi connectivity index (χ1v) is 10.1. The molecule has 2 aromatic carbocycles. The zero-order valence-corrected chi connectivity index (χ0v) is 18.9. The summed E-state index contributed by atoms with van der Waals surface area (Å²) in [5, 5.41) is 0. The normalized spacial score (nSPS) is 10.3. The lowest BCUT2D eigenvalue weighted by atomic mass is 10.0. The number of rotatable bonds is 12. The van der Waals surface area contributed by atoms with E-state index in [1.807, 2.05) is 0 Å². The van der Waals surface area contributed by atoms with Crippen LogP contribution in [0.15, 0.2) is 60.7 Å². The molecular formula is C25H27FO7. The van der Waals surface area contributed by atoms with Gasteiger partial charge in [-0.1, -0.05) is 25.3 Å². The van der Waals surface area contributed by atoms with Crippen LogP contribution in [-0.2, 0) is 19.1 Å². The fourth-order valence-electron chi connectivity index (χ4n) is 2.51. The number of halogens is 1. The maximum Gasteiger partial charge on any atom is 0.338 e. The van der Waals surface area contributed by atoms with Gasteiger partial charge in [0.05, 0.1) is 6.61 Å². The molecule has 0 aliphatic rings. The molecule has 7 nitrogen and oxygen atoms in total. The molecular weight excluding hydrogens is 431 g/mol. The van der Waals surface area contributed by atoms with E-state index in [-0.39, 0.29) is 31.1 Å². The minimum Gasteiger partial charge on any atom is -0.487 e. The van der Waals surface area contributed by atoms with Crippen molar-refractivity contribution in [1.82, 2.24) is 0 Å². The first-order valence-electron chi connectivity index (χ1n) is 10.1. The summed E-state index contributed by atoms with van der Waals surface area (Å²) in [6.07, 6.45) is 0. The van der Waals surface area contributed by atoms with Crippen molar-refractivity contribution in [3.63, 3.8) is 0 Å². The highest BCUT2D eigenvalue weighted by molar-refractivity contribution is 5.89. The van der Waals surface area contributed by atoms with Crippen molar-refractivity contribution in [3.8, 4) is 28.4 Å². The first kappa shape index (κ1) is 25.6. The third-order valence-electron chi connectivity index (χ3n) is 4.23. The molecule has 0 saturated heterocycles. The van der Waals surface area contributed by atoms with Crippen LogP contribution in [0.1, 0.15) is 13.8 Å². The van der Waals surface area contributed by atoms with E-state index in [9.17, 15) is 14.0 Å². The van der Waals surface area contributed by atoms with Crippen LogP contribution in [-0.4, -0.2) is 45.5 Å². The molecule has 0 radical (unpaired) electrons. The highest BCUT2D eigenvalue weighted by Crippen LogP contribution is 2.34. The predicted molar refractivity (Wildman–Crippen MR) is 121 cm³/mol. The van der Waals surface area contributed by atoms with E-state index in [2.05, 4.69) is 13.2 Å². The second kappa shape index (κ2) is 12.4. The highest BCUT2D eigenvalue weighted by atomic mass is 19.1. The maximum atomic E-state index is 14.5. The Labute approximate surface area is 192 Å². The molecule has 0 spiro atoms. The van der Waals surface area contributed by atoms with E-state index >= 15 is 0 Å². The van der Waals surface area contributed by atoms with Crippen LogP contribution in [0.3, 0.4) is 0 Å². The quantitative estimate of drug-likeness (QED) is 0.201. The summed E-state index contributed by atoms with van der Waals surface area (Å²) in [6.45, 7) is 10.8. The van der Waals surface area contributed by atoms with Gasteiger partial charge in [0.1, 0.15) is 19.8 Å². The van der Waals surface area contributed by atoms with Crippen LogP contribution in [0, 0.1) is 5.82 Å². The van der Waals surface area contributed by atoms with Gasteiger partial charge in [0.15, 0.2) is 23.1 Å². The summed E-state index contributed by atoms with van der Waals surface area (Å²) in [7, 11) is 1.55. The monoisotopic (exact) mass is 458 g/mol. The van der Waals surface area contributed by atoms with E-state index in [0.29, 0.717) is 34.8 Å². The SMILES string of the molecule is C=C(C)C(=O)OCCOc1ccc(-c2ccc(OC(=O)C(=C)C)c(F)c2)cc1OCCOC. The Morgan fingerprint density at radius 2 is 1.36 bits per heavy atom. The minimum absolute atomic E-state index is 0.0422. The van der Waals surface area contributed by atoms with Crippen LogP contribution < -0.4 is 14.2 Å². The number of carbonyl (C=O) groups is 2. The largest absolute Gasteiger partial charge is 0.487 e. The predicted octanol–water partition coefficient (Wildman–Crippen LogP) is 4.50. The number of carbonyl (C=O) groups excluding carboxylic acids is 2. The molecule has 0 bridgehead atoms. The Morgan fingerprint density at radius 1 is 0.788 bits per heavy atom. The van der Waals surface area contributed by atoms with Crippen molar-refractivity contribution in [2.24, 2.45) is 0 Å². The van der Waals surface area contributed by atoms with Crippen molar-refractivity contribution in [3.05, 3.63) is 66.5 Å². The second-order valence-corrected chi connectivity index (χ2v) is 7.08. The fourth-order valence-corrected chi connectivity index (χ4v) is 2.51. The smallest absolute Gasteiger partial charge is 0.338 e. The number of methoxy groups -OCH3 is 1. The Hall–Kier alpha value is -3.65. The number of benzene rings is 2. The second-order valence-electron chi connectivity index (χ2n) is 7.08. The van der Waals surface area contributed by atoms with Gasteiger partial charge in [0.2, 0.25) is 0 Å². The van der Waals surface area contributed by atoms with Crippen molar-refractivity contribution < 1.29 is 37.7 Å². The molecule has 2 rings (SSSR count). The fraction of sp³-hybridized carbons (Fsp3) is 0.280. The van der Waals surface area contributed by atoms with Crippen LogP contribution in [0.5, 0.6) is 17.2 Å². The van der Waals surface area contributed by atoms with E-state index < -0.39 is 17.8 Å². The zero-order valence-electron chi connectivity index (χ0n) is 18.9. The third kappa shape index (κ3) is 7.76. The Morgan fingerprint density at radius 3 is 1.97 bits per heavy atom. The molecule has 0 atom stereocenters. The summed E-state index contributed by atoms with van der Waals surface area (Å²) in [4.78, 5) is 23.1. The summed E-state index contributed by atoms with van der Waals surface area (Å²) in [5.41, 5.74) is 1.67. The molecule has 0 amide bonds. The molecule has 0 aliphatic heterocycles. The number of hydrogen-bond donors (Lipinski definition) is 0. The molecule has 0 heterocycles. The van der Waals surface area contributed by atoms with Crippen molar-refractivity contribution in [1.29, 1.82) is 0 Å². The van der Waals surface area contributed by atoms with E-state index in [0.717, 1.165) is 0 Å². The molecule has 176 valence electrons. The third-order valence-corrected chi connectivity index (χ3v) is 4.23. The van der Waals surface area contributed by atoms with Gasteiger partial charge in [-0.3, -0.25) is 0 Å². The topological polar surface area (TPSA) is 80.3 Å². The van der Waals surface area contributed by atoms with Crippen LogP contribution in [0.25, 0.3) is 11.1 Å². The number of esters is 2. The van der Waals surface area contributed by atoms with Crippen molar-refractivity contribution in [2.75, 3.05) is 33.5 Å². The van der Waals surface area contributed by atoms with Crippen molar-refractivity contribution in [2.45, 2.75) is 13.8 Å². The molecule has 8 heteroatoms. The van der Waals surface area contributed by atoms with E-state index in [1.54, 1.807) is 38.3 Å². The Kier molecular flexibility index (Phi) is 9.62. The van der Waals surface area contributed by atoms with Gasteiger partial charge in [-0.2, -0.15) is 0 Å². The summed E-state index contributed by atoms with van der Waals surface area (Å²) >= 11 is 0. The molecule has 0 fully saturated rings. The van der Waals surface area contributed by atoms with E-state index in [4.69, 9.17) is 23.7 Å². The number of ether oxygens (including phenoxy) is 5. The molecule has 0 saturated carbocycles. The Bertz CT molecular complexity index is 1030. The van der Waals surface area contributed by atoms with Gasteiger partial charge in [-0.25, -0.2) is 14.0 Å². The molecule has 0 aliphatic carbocycles. The summed E-state index contributed by atoms with van der Waals surface area (Å²) in [6, 6.07) is 9.34. The van der Waals surface area contributed by atoms with E-state index in [1.165, 1.54) is 19.1 Å². The van der Waals surface area contributed by atoms with Crippen LogP contribution in [0.4, 0.5) is 4.39 Å². The molecule has 0 N–H and O–H groups in total. The van der Waals surface area contributed by atoms with Gasteiger partial charge in [-0.05, 0) is 49.2 Å². The van der Waals surface area contributed by atoms with Gasteiger partial charge in [0.25, 0.3) is 0 Å². The Balaban J connectivity index is 2.18. The van der Waals surface area contributed by atoms with Gasteiger partial charge in [0, 0.05) is 18.3 Å². The zero-order chi connectivity index (χ0) is 24.4. The molecule has 0 aromatic heterocycles. The average Bonchev–Trinajstić information content (AvgIpc) is 2.78. The summed E-state index contributed by atoms with van der Waals surface area (Å²) in [5.74, 6) is -1.24. The minimum atomic E-state index is -0.703. The molecule has 2 aromatic rings. The van der Waals surface area contributed by atoms with Gasteiger partial charge >= 0.3 is 11.9 Å². The lowest BCUT2D eigenvalue weighted by Crippen LogP contribution is -2.13. The van der Waals surface area contributed by atoms with Crippen molar-refractivity contribution >= 4 is 11.9 Å². The van der Waals surface area contributed by atoms with Crippen LogP contribution in [0.2, 0.25) is 0 Å². The number of hydrogen-bond acceptors (Lipinski definition) is 7. The lowest BCUT2D eigenvalue weighted by molar-refractivity contribution is -0.139. The lowest BCUT2D eigenvalue weighted by Gasteiger charge is -2.15. The van der Waals surface area contributed by atoms with Gasteiger partial charge in [-0.15, -0.1) is 0 Å². The highest BCUT2D eigenvalue weighted by Gasteiger charge is 2.14. The maximum absolute atomic E-state index is 14.5. The van der Waals surface area contributed by atoms with Gasteiger partial charge < -0.3 is 23.7 Å². The summed E-state index contributed by atoms with van der Waals surface area (Å²) < 4.78 is 40.9. The standard InChI is InChI=1S/C25H27FO7/c1-16(2)24(27)32-13-12-30-22-9-7-19(15-23(22)31-11-10-29-5)18-6-8-21(20(26)14-18)33-25(28)17(3)4/h6-9,14-15H,1,3,10-13H2,2,4-5H3. The molecule has 33 heavy (non-hydrogen) atoms. The molecule has 0 unspecified atom stereocenters.